The maximum atomic E-state index is 11.6. The van der Waals surface area contributed by atoms with Crippen molar-refractivity contribution in [2.75, 3.05) is 12.4 Å². The van der Waals surface area contributed by atoms with Gasteiger partial charge in [-0.1, -0.05) is 6.07 Å². The molecule has 106 valence electrons. The minimum Gasteiger partial charge on any atom is -0.496 e. The van der Waals surface area contributed by atoms with Crippen LogP contribution in [0.25, 0.3) is 0 Å². The fraction of sp³-hybridized carbons (Fsp3) is 0.500. The topological polar surface area (TPSA) is 67.8 Å². The average Bonchev–Trinajstić information content (AvgIpc) is 2.25. The van der Waals surface area contributed by atoms with E-state index in [2.05, 4.69) is 5.32 Å². The predicted octanol–water partition coefficient (Wildman–Crippen LogP) is 3.10. The van der Waals surface area contributed by atoms with Crippen molar-refractivity contribution in [2.45, 2.75) is 39.4 Å². The molecule has 0 saturated heterocycles. The predicted molar refractivity (Wildman–Crippen MR) is 73.5 cm³/mol. The summed E-state index contributed by atoms with van der Waals surface area (Å²) in [5.41, 5.74) is 0.668. The third-order valence-electron chi connectivity index (χ3n) is 2.33. The maximum absolute atomic E-state index is 11.6. The van der Waals surface area contributed by atoms with Gasteiger partial charge in [-0.2, -0.15) is 0 Å². The highest BCUT2D eigenvalue weighted by Gasteiger charge is 2.17. The monoisotopic (exact) mass is 267 g/mol. The molecule has 0 aliphatic rings. The van der Waals surface area contributed by atoms with Crippen LogP contribution < -0.4 is 10.1 Å². The van der Waals surface area contributed by atoms with Crippen LogP contribution in [0.1, 0.15) is 39.4 Å². The number of aliphatic hydroxyl groups is 1. The second-order valence-corrected chi connectivity index (χ2v) is 5.26. The second-order valence-electron chi connectivity index (χ2n) is 5.26. The summed E-state index contributed by atoms with van der Waals surface area (Å²) < 4.78 is 10.3. The van der Waals surface area contributed by atoms with E-state index in [1.165, 1.54) is 7.11 Å². The SMILES string of the molecule is COc1cc(NC(=O)OC(C)(C)C)ccc1[C@H](C)O. The molecule has 0 bridgehead atoms. The number of anilines is 1. The van der Waals surface area contributed by atoms with Gasteiger partial charge in [0.1, 0.15) is 11.4 Å². The van der Waals surface area contributed by atoms with E-state index in [1.54, 1.807) is 45.9 Å². The van der Waals surface area contributed by atoms with Crippen molar-refractivity contribution in [3.63, 3.8) is 0 Å². The van der Waals surface area contributed by atoms with Gasteiger partial charge >= 0.3 is 6.09 Å². The van der Waals surface area contributed by atoms with E-state index in [-0.39, 0.29) is 0 Å². The summed E-state index contributed by atoms with van der Waals surface area (Å²) in [4.78, 5) is 11.6. The number of ether oxygens (including phenoxy) is 2. The minimum absolute atomic E-state index is 0.517. The van der Waals surface area contributed by atoms with E-state index in [9.17, 15) is 9.90 Å². The first-order chi connectivity index (χ1) is 8.73. The molecule has 0 heterocycles. The summed E-state index contributed by atoms with van der Waals surface area (Å²) in [5.74, 6) is 0.517. The number of benzene rings is 1. The standard InChI is InChI=1S/C14H21NO4/c1-9(16)11-7-6-10(8-12(11)18-5)15-13(17)19-14(2,3)4/h6-9,16H,1-5H3,(H,15,17)/t9-/m0/s1. The maximum Gasteiger partial charge on any atom is 0.412 e. The third kappa shape index (κ3) is 4.79. The zero-order valence-electron chi connectivity index (χ0n) is 12.0. The fourth-order valence-electron chi connectivity index (χ4n) is 1.56. The van der Waals surface area contributed by atoms with Gasteiger partial charge in [-0.15, -0.1) is 0 Å². The molecule has 1 aromatic carbocycles. The van der Waals surface area contributed by atoms with Crippen molar-refractivity contribution in [1.29, 1.82) is 0 Å². The summed E-state index contributed by atoms with van der Waals surface area (Å²) in [6.45, 7) is 7.04. The number of amides is 1. The Morgan fingerprint density at radius 2 is 2.00 bits per heavy atom. The number of hydrogen-bond acceptors (Lipinski definition) is 4. The van der Waals surface area contributed by atoms with Gasteiger partial charge in [-0.05, 0) is 33.8 Å². The second kappa shape index (κ2) is 5.93. The van der Waals surface area contributed by atoms with Gasteiger partial charge in [0.2, 0.25) is 0 Å². The largest absolute Gasteiger partial charge is 0.496 e. The summed E-state index contributed by atoms with van der Waals surface area (Å²) in [7, 11) is 1.51. The van der Waals surface area contributed by atoms with Crippen LogP contribution >= 0.6 is 0 Å². The van der Waals surface area contributed by atoms with E-state index >= 15 is 0 Å². The van der Waals surface area contributed by atoms with E-state index in [4.69, 9.17) is 9.47 Å². The number of carbonyl (C=O) groups is 1. The van der Waals surface area contributed by atoms with Crippen LogP contribution in [0.2, 0.25) is 0 Å². The van der Waals surface area contributed by atoms with Crippen molar-refractivity contribution in [3.05, 3.63) is 23.8 Å². The first-order valence-corrected chi connectivity index (χ1v) is 6.09. The molecule has 0 radical (unpaired) electrons. The number of carbonyl (C=O) groups excluding carboxylic acids is 1. The Hall–Kier alpha value is -1.75. The van der Waals surface area contributed by atoms with Gasteiger partial charge in [-0.25, -0.2) is 4.79 Å². The van der Waals surface area contributed by atoms with Crippen LogP contribution in [0.15, 0.2) is 18.2 Å². The van der Waals surface area contributed by atoms with Crippen LogP contribution in [0.4, 0.5) is 10.5 Å². The smallest absolute Gasteiger partial charge is 0.412 e. The first kappa shape index (κ1) is 15.3. The Morgan fingerprint density at radius 3 is 2.47 bits per heavy atom. The highest BCUT2D eigenvalue weighted by molar-refractivity contribution is 5.85. The number of hydrogen-bond donors (Lipinski definition) is 2. The molecule has 0 aromatic heterocycles. The molecule has 1 rings (SSSR count). The number of nitrogens with one attached hydrogen (secondary N) is 1. The molecule has 0 aliphatic heterocycles. The van der Waals surface area contributed by atoms with Crippen LogP contribution in [0.5, 0.6) is 5.75 Å². The van der Waals surface area contributed by atoms with E-state index in [0.29, 0.717) is 17.0 Å². The lowest BCUT2D eigenvalue weighted by Gasteiger charge is -2.20. The lowest BCUT2D eigenvalue weighted by Crippen LogP contribution is -2.27. The fourth-order valence-corrected chi connectivity index (χ4v) is 1.56. The van der Waals surface area contributed by atoms with Crippen LogP contribution in [0, 0.1) is 0 Å². The minimum atomic E-state index is -0.634. The number of rotatable bonds is 3. The van der Waals surface area contributed by atoms with E-state index in [1.807, 2.05) is 0 Å². The summed E-state index contributed by atoms with van der Waals surface area (Å²) in [6, 6.07) is 5.04. The van der Waals surface area contributed by atoms with Crippen molar-refractivity contribution in [3.8, 4) is 5.75 Å². The molecule has 5 nitrogen and oxygen atoms in total. The number of aliphatic hydroxyl groups excluding tert-OH is 1. The Kier molecular flexibility index (Phi) is 4.78. The van der Waals surface area contributed by atoms with Crippen LogP contribution in [-0.2, 0) is 4.74 Å². The van der Waals surface area contributed by atoms with Gasteiger partial charge < -0.3 is 14.6 Å². The molecular weight excluding hydrogens is 246 g/mol. The molecule has 2 N–H and O–H groups in total. The average molecular weight is 267 g/mol. The van der Waals surface area contributed by atoms with E-state index < -0.39 is 17.8 Å². The molecule has 1 amide bonds. The Labute approximate surface area is 113 Å². The van der Waals surface area contributed by atoms with Gasteiger partial charge in [-0.3, -0.25) is 5.32 Å². The number of methoxy groups -OCH3 is 1. The highest BCUT2D eigenvalue weighted by atomic mass is 16.6. The lowest BCUT2D eigenvalue weighted by molar-refractivity contribution is 0.0636. The highest BCUT2D eigenvalue weighted by Crippen LogP contribution is 2.28. The van der Waals surface area contributed by atoms with Crippen molar-refractivity contribution in [2.24, 2.45) is 0 Å². The van der Waals surface area contributed by atoms with Gasteiger partial charge in [0.25, 0.3) is 0 Å². The molecule has 5 heteroatoms. The molecule has 0 saturated carbocycles. The molecule has 19 heavy (non-hydrogen) atoms. The summed E-state index contributed by atoms with van der Waals surface area (Å²) in [6.07, 6.45) is -1.16. The first-order valence-electron chi connectivity index (χ1n) is 6.09. The molecule has 1 atom stereocenters. The zero-order chi connectivity index (χ0) is 14.6. The lowest BCUT2D eigenvalue weighted by atomic mass is 10.1. The molecule has 0 spiro atoms. The normalized spacial score (nSPS) is 12.7. The van der Waals surface area contributed by atoms with Crippen molar-refractivity contribution < 1.29 is 19.4 Å². The molecular formula is C14H21NO4. The van der Waals surface area contributed by atoms with Crippen LogP contribution in [-0.4, -0.2) is 23.9 Å². The molecule has 0 aliphatic carbocycles. The van der Waals surface area contributed by atoms with Crippen molar-refractivity contribution in [1.82, 2.24) is 0 Å². The quantitative estimate of drug-likeness (QED) is 0.883. The summed E-state index contributed by atoms with van der Waals surface area (Å²) >= 11 is 0. The Morgan fingerprint density at radius 1 is 1.37 bits per heavy atom. The van der Waals surface area contributed by atoms with E-state index in [0.717, 1.165) is 0 Å². The van der Waals surface area contributed by atoms with Gasteiger partial charge in [0, 0.05) is 17.3 Å². The third-order valence-corrected chi connectivity index (χ3v) is 2.33. The molecule has 0 unspecified atom stereocenters. The van der Waals surface area contributed by atoms with Crippen molar-refractivity contribution >= 4 is 11.8 Å². The van der Waals surface area contributed by atoms with Crippen LogP contribution in [0.3, 0.4) is 0 Å². The van der Waals surface area contributed by atoms with Gasteiger partial charge in [0.05, 0.1) is 13.2 Å². The van der Waals surface area contributed by atoms with Gasteiger partial charge in [0.15, 0.2) is 0 Å². The summed E-state index contributed by atoms with van der Waals surface area (Å²) in [5, 5.41) is 12.2. The molecule has 1 aromatic rings. The Balaban J connectivity index is 2.83. The molecule has 0 fully saturated rings. The zero-order valence-corrected chi connectivity index (χ0v) is 12.0. The Bertz CT molecular complexity index is 449.